The van der Waals surface area contributed by atoms with Crippen LogP contribution in [0.25, 0.3) is 0 Å². The predicted octanol–water partition coefficient (Wildman–Crippen LogP) is 1.81. The molecule has 120 valence electrons. The molecule has 8 heteroatoms. The molecule has 0 aliphatic carbocycles. The van der Waals surface area contributed by atoms with E-state index in [1.165, 1.54) is 6.92 Å². The van der Waals surface area contributed by atoms with Gasteiger partial charge in [-0.15, -0.1) is 13.2 Å². The summed E-state index contributed by atoms with van der Waals surface area (Å²) >= 11 is 1.82. The largest absolute Gasteiger partial charge is 0.437 e. The van der Waals surface area contributed by atoms with Gasteiger partial charge in [-0.1, -0.05) is 18.7 Å². The number of carbonyl (C=O) groups excluding carboxylic acids is 1. The van der Waals surface area contributed by atoms with Crippen molar-refractivity contribution in [1.82, 2.24) is 0 Å². The fraction of sp³-hybridized carbons (Fsp3) is 0.462. The molecule has 2 unspecified atom stereocenters. The topological polar surface area (TPSA) is 93.2 Å². The van der Waals surface area contributed by atoms with Crippen molar-refractivity contribution >= 4 is 27.8 Å². The lowest BCUT2D eigenvalue weighted by Crippen LogP contribution is -2.32. The van der Waals surface area contributed by atoms with Gasteiger partial charge in [0.2, 0.25) is 0 Å². The fourth-order valence-electron chi connectivity index (χ4n) is 0.982. The first-order valence-electron chi connectivity index (χ1n) is 5.98. The molecule has 1 N–H and O–H groups in total. The zero-order valence-electron chi connectivity index (χ0n) is 11.9. The lowest BCUT2D eigenvalue weighted by molar-refractivity contribution is -0.141. The van der Waals surface area contributed by atoms with Crippen LogP contribution in [0.5, 0.6) is 0 Å². The van der Waals surface area contributed by atoms with Crippen LogP contribution in [0.4, 0.5) is 0 Å². The zero-order valence-corrected chi connectivity index (χ0v) is 13.5. The third-order valence-electron chi connectivity index (χ3n) is 2.00. The Morgan fingerprint density at radius 2 is 1.95 bits per heavy atom. The van der Waals surface area contributed by atoms with Gasteiger partial charge in [0.1, 0.15) is 6.10 Å². The maximum atomic E-state index is 11.0. The van der Waals surface area contributed by atoms with Gasteiger partial charge >= 0.3 is 16.1 Å². The molecule has 1 rings (SSSR count). The first-order valence-corrected chi connectivity index (χ1v) is 8.63. The number of hydrogen-bond acceptors (Lipinski definition) is 6. The Bertz CT molecular complexity index is 471. The quantitative estimate of drug-likeness (QED) is 0.180. The second-order valence-electron chi connectivity index (χ2n) is 4.06. The highest BCUT2D eigenvalue weighted by Gasteiger charge is 2.44. The number of epoxide rings is 1. The van der Waals surface area contributed by atoms with Crippen LogP contribution in [0.3, 0.4) is 0 Å². The van der Waals surface area contributed by atoms with E-state index in [1.54, 1.807) is 0 Å². The molecule has 0 aromatic rings. The molecule has 1 aliphatic heterocycles. The molecule has 0 saturated carbocycles. The van der Waals surface area contributed by atoms with Crippen molar-refractivity contribution in [3.8, 4) is 0 Å². The number of esters is 1. The second kappa shape index (κ2) is 9.78. The van der Waals surface area contributed by atoms with E-state index in [4.69, 9.17) is 4.55 Å². The smallest absolute Gasteiger partial charge is 0.334 e. The molecule has 2 atom stereocenters. The summed E-state index contributed by atoms with van der Waals surface area (Å²) in [5.74, 6) is 1.20. The Balaban J connectivity index is 0.000000486. The van der Waals surface area contributed by atoms with E-state index in [0.717, 1.165) is 11.5 Å². The number of hydrogen-bond donors (Lipinski definition) is 1. The summed E-state index contributed by atoms with van der Waals surface area (Å²) in [6.45, 7) is 12.0. The average molecular weight is 336 g/mol. The molecule has 1 heterocycles. The Kier molecular flexibility index (Phi) is 9.27. The summed E-state index contributed by atoms with van der Waals surface area (Å²) in [6, 6.07) is 0. The minimum absolute atomic E-state index is 0.0549. The highest BCUT2D eigenvalue weighted by molar-refractivity contribution is 7.99. The highest BCUT2D eigenvalue weighted by Crippen LogP contribution is 2.21. The molecule has 1 saturated heterocycles. The third kappa shape index (κ3) is 9.46. The van der Waals surface area contributed by atoms with Gasteiger partial charge < -0.3 is 9.47 Å². The van der Waals surface area contributed by atoms with Crippen LogP contribution in [0.1, 0.15) is 6.92 Å². The molecule has 0 aromatic carbocycles. The van der Waals surface area contributed by atoms with Crippen LogP contribution in [-0.2, 0) is 24.4 Å². The fourth-order valence-corrected chi connectivity index (χ4v) is 2.20. The maximum Gasteiger partial charge on any atom is 0.334 e. The maximum absolute atomic E-state index is 11.0. The van der Waals surface area contributed by atoms with Crippen molar-refractivity contribution in [1.29, 1.82) is 0 Å². The Hall–Kier alpha value is -1.09. The van der Waals surface area contributed by atoms with Crippen LogP contribution in [0.2, 0.25) is 0 Å². The normalized spacial score (nSPS) is 17.7. The Labute approximate surface area is 129 Å². The van der Waals surface area contributed by atoms with E-state index >= 15 is 0 Å². The molecule has 0 radical (unpaired) electrons. The van der Waals surface area contributed by atoms with Gasteiger partial charge in [-0.05, 0) is 6.92 Å². The molecule has 0 bridgehead atoms. The van der Waals surface area contributed by atoms with Gasteiger partial charge in [-0.2, -0.15) is 20.2 Å². The van der Waals surface area contributed by atoms with Crippen molar-refractivity contribution in [3.05, 3.63) is 37.5 Å². The zero-order chi connectivity index (χ0) is 16.5. The molecule has 0 spiro atoms. The SMILES string of the molecule is C=C(C)C(=O)OC(C1CO1)S(=O)(=O)O.C=CCSCC=C. The Morgan fingerprint density at radius 1 is 1.48 bits per heavy atom. The van der Waals surface area contributed by atoms with Gasteiger partial charge in [0.15, 0.2) is 0 Å². The van der Waals surface area contributed by atoms with Gasteiger partial charge in [0.05, 0.1) is 6.61 Å². The van der Waals surface area contributed by atoms with E-state index in [9.17, 15) is 13.2 Å². The third-order valence-corrected chi connectivity index (χ3v) is 3.93. The predicted molar refractivity (Wildman–Crippen MR) is 83.7 cm³/mol. The number of thioether (sulfide) groups is 1. The second-order valence-corrected chi connectivity index (χ2v) is 6.63. The lowest BCUT2D eigenvalue weighted by Gasteiger charge is -2.12. The number of rotatable bonds is 8. The summed E-state index contributed by atoms with van der Waals surface area (Å²) in [6.07, 6.45) is 3.02. The van der Waals surface area contributed by atoms with Crippen molar-refractivity contribution in [2.24, 2.45) is 0 Å². The van der Waals surface area contributed by atoms with Crippen LogP contribution in [0.15, 0.2) is 37.5 Å². The minimum Gasteiger partial charge on any atom is -0.437 e. The molecule has 1 aliphatic rings. The van der Waals surface area contributed by atoms with Crippen LogP contribution >= 0.6 is 11.8 Å². The van der Waals surface area contributed by atoms with Crippen LogP contribution in [-0.4, -0.2) is 48.6 Å². The molecular formula is C13H20O6S2. The van der Waals surface area contributed by atoms with Crippen LogP contribution < -0.4 is 0 Å². The lowest BCUT2D eigenvalue weighted by atomic mass is 10.4. The van der Waals surface area contributed by atoms with E-state index in [0.29, 0.717) is 0 Å². The van der Waals surface area contributed by atoms with E-state index in [1.807, 2.05) is 23.9 Å². The van der Waals surface area contributed by atoms with E-state index < -0.39 is 27.6 Å². The number of ether oxygens (including phenoxy) is 2. The van der Waals surface area contributed by atoms with Crippen molar-refractivity contribution in [3.63, 3.8) is 0 Å². The summed E-state index contributed by atoms with van der Waals surface area (Å²) in [7, 11) is -4.44. The van der Waals surface area contributed by atoms with Gasteiger partial charge in [0, 0.05) is 17.1 Å². The summed E-state index contributed by atoms with van der Waals surface area (Å²) in [4.78, 5) is 11.0. The summed E-state index contributed by atoms with van der Waals surface area (Å²) in [5.41, 5.74) is -1.59. The standard InChI is InChI=1S/C7H10O6S.C6H10S/c1-4(2)6(8)13-7(5-3-12-5)14(9,10)11;1-3-5-7-6-4-2/h5,7H,1,3H2,2H3,(H,9,10,11);3-4H,1-2,5-6H2. The van der Waals surface area contributed by atoms with E-state index in [2.05, 4.69) is 29.2 Å². The monoisotopic (exact) mass is 336 g/mol. The summed E-state index contributed by atoms with van der Waals surface area (Å²) in [5, 5.41) is 0. The van der Waals surface area contributed by atoms with Gasteiger partial charge in [-0.25, -0.2) is 4.79 Å². The average Bonchev–Trinajstić information content (AvgIpc) is 3.19. The Morgan fingerprint density at radius 3 is 2.24 bits per heavy atom. The molecule has 1 fully saturated rings. The van der Waals surface area contributed by atoms with Crippen molar-refractivity contribution in [2.75, 3.05) is 18.1 Å². The molecule has 0 aromatic heterocycles. The number of carbonyl (C=O) groups is 1. The first kappa shape index (κ1) is 19.9. The van der Waals surface area contributed by atoms with Gasteiger partial charge in [0.25, 0.3) is 5.44 Å². The van der Waals surface area contributed by atoms with E-state index in [-0.39, 0.29) is 12.2 Å². The minimum atomic E-state index is -4.44. The van der Waals surface area contributed by atoms with Crippen molar-refractivity contribution in [2.45, 2.75) is 18.5 Å². The summed E-state index contributed by atoms with van der Waals surface area (Å²) < 4.78 is 39.3. The highest BCUT2D eigenvalue weighted by atomic mass is 32.2. The first-order chi connectivity index (χ1) is 9.73. The van der Waals surface area contributed by atoms with Gasteiger partial charge in [-0.3, -0.25) is 4.55 Å². The molecule has 6 nitrogen and oxygen atoms in total. The van der Waals surface area contributed by atoms with Crippen molar-refractivity contribution < 1.29 is 27.2 Å². The molecule has 0 amide bonds. The molecule has 21 heavy (non-hydrogen) atoms. The van der Waals surface area contributed by atoms with Crippen LogP contribution in [0, 0.1) is 0 Å². The molecular weight excluding hydrogens is 316 g/mol.